The third-order valence-corrected chi connectivity index (χ3v) is 4.99. The van der Waals surface area contributed by atoms with E-state index in [9.17, 15) is 4.79 Å². The van der Waals surface area contributed by atoms with Crippen LogP contribution in [0.3, 0.4) is 0 Å². The van der Waals surface area contributed by atoms with E-state index in [0.29, 0.717) is 24.5 Å². The quantitative estimate of drug-likeness (QED) is 0.845. The van der Waals surface area contributed by atoms with Crippen molar-refractivity contribution in [2.45, 2.75) is 38.3 Å². The molecule has 3 N–H and O–H groups in total. The molecule has 23 heavy (non-hydrogen) atoms. The number of nitrogens with two attached hydrogens (primary N) is 1. The summed E-state index contributed by atoms with van der Waals surface area (Å²) in [6.07, 6.45) is 5.77. The van der Waals surface area contributed by atoms with Gasteiger partial charge in [-0.15, -0.1) is 0 Å². The maximum atomic E-state index is 11.0. The second-order valence-corrected chi connectivity index (χ2v) is 6.93. The third-order valence-electron chi connectivity index (χ3n) is 4.99. The molecule has 1 unspecified atom stereocenters. The number of primary amides is 1. The van der Waals surface area contributed by atoms with Crippen LogP contribution in [0.2, 0.25) is 0 Å². The molecule has 0 aromatic heterocycles. The highest BCUT2D eigenvalue weighted by Gasteiger charge is 2.39. The number of benzene rings is 1. The van der Waals surface area contributed by atoms with Crippen LogP contribution < -0.4 is 11.1 Å². The topological polar surface area (TPSA) is 58.4 Å². The SMILES string of the molecule is CC(=Cc1ccccc1)C1C[C@@H]1NC1CCN(CC(N)=O)CC1. The number of hydrogen-bond donors (Lipinski definition) is 2. The van der Waals surface area contributed by atoms with Gasteiger partial charge in [0.1, 0.15) is 0 Å². The maximum absolute atomic E-state index is 11.0. The van der Waals surface area contributed by atoms with Gasteiger partial charge in [0, 0.05) is 25.2 Å². The van der Waals surface area contributed by atoms with Crippen LogP contribution in [0.25, 0.3) is 6.08 Å². The zero-order chi connectivity index (χ0) is 16.2. The summed E-state index contributed by atoms with van der Waals surface area (Å²) in [6.45, 7) is 4.58. The summed E-state index contributed by atoms with van der Waals surface area (Å²) < 4.78 is 0. The number of hydrogen-bond acceptors (Lipinski definition) is 3. The molecule has 1 aromatic rings. The number of likely N-dealkylation sites (tertiary alicyclic amines) is 1. The van der Waals surface area contributed by atoms with Gasteiger partial charge in [0.2, 0.25) is 5.91 Å². The minimum atomic E-state index is -0.222. The van der Waals surface area contributed by atoms with E-state index in [1.807, 2.05) is 0 Å². The van der Waals surface area contributed by atoms with E-state index in [4.69, 9.17) is 5.73 Å². The lowest BCUT2D eigenvalue weighted by molar-refractivity contribution is -0.119. The summed E-state index contributed by atoms with van der Waals surface area (Å²) in [4.78, 5) is 13.1. The average molecular weight is 313 g/mol. The Morgan fingerprint density at radius 1 is 1.30 bits per heavy atom. The Kier molecular flexibility index (Phi) is 5.13. The molecule has 1 saturated heterocycles. The molecule has 0 radical (unpaired) electrons. The molecule has 2 atom stereocenters. The van der Waals surface area contributed by atoms with Crippen LogP contribution in [-0.4, -0.2) is 42.5 Å². The maximum Gasteiger partial charge on any atom is 0.231 e. The van der Waals surface area contributed by atoms with Gasteiger partial charge in [-0.1, -0.05) is 42.0 Å². The lowest BCUT2D eigenvalue weighted by atomic mass is 10.0. The molecule has 4 nitrogen and oxygen atoms in total. The summed E-state index contributed by atoms with van der Waals surface area (Å²) in [7, 11) is 0. The first-order chi connectivity index (χ1) is 11.1. The van der Waals surface area contributed by atoms with Crippen LogP contribution in [0.5, 0.6) is 0 Å². The number of piperidine rings is 1. The Morgan fingerprint density at radius 2 is 2.00 bits per heavy atom. The zero-order valence-electron chi connectivity index (χ0n) is 13.9. The molecular weight excluding hydrogens is 286 g/mol. The van der Waals surface area contributed by atoms with Crippen LogP contribution in [0.4, 0.5) is 0 Å². The van der Waals surface area contributed by atoms with Crippen LogP contribution in [0.15, 0.2) is 35.9 Å². The Balaban J connectivity index is 1.43. The normalized spacial score (nSPS) is 26.2. The summed E-state index contributed by atoms with van der Waals surface area (Å²) >= 11 is 0. The van der Waals surface area contributed by atoms with E-state index >= 15 is 0 Å². The third kappa shape index (κ3) is 4.66. The molecule has 1 aromatic carbocycles. The van der Waals surface area contributed by atoms with Crippen LogP contribution >= 0.6 is 0 Å². The van der Waals surface area contributed by atoms with Crippen molar-refractivity contribution in [2.75, 3.05) is 19.6 Å². The molecule has 1 saturated carbocycles. The van der Waals surface area contributed by atoms with E-state index in [-0.39, 0.29) is 5.91 Å². The predicted molar refractivity (Wildman–Crippen MR) is 93.8 cm³/mol. The second-order valence-electron chi connectivity index (χ2n) is 6.93. The predicted octanol–water partition coefficient (Wildman–Crippen LogP) is 2.02. The molecule has 124 valence electrons. The van der Waals surface area contributed by atoms with E-state index in [2.05, 4.69) is 53.5 Å². The second kappa shape index (κ2) is 7.28. The first-order valence-electron chi connectivity index (χ1n) is 8.62. The number of amides is 1. The molecule has 4 heteroatoms. The Bertz CT molecular complexity index is 561. The van der Waals surface area contributed by atoms with Crippen molar-refractivity contribution in [2.24, 2.45) is 11.7 Å². The van der Waals surface area contributed by atoms with E-state index in [1.165, 1.54) is 17.6 Å². The number of nitrogens with one attached hydrogen (secondary N) is 1. The van der Waals surface area contributed by atoms with Crippen LogP contribution in [-0.2, 0) is 4.79 Å². The molecular formula is C19H27N3O. The Labute approximate surface area is 138 Å². The van der Waals surface area contributed by atoms with Gasteiger partial charge in [-0.25, -0.2) is 0 Å². The fourth-order valence-electron chi connectivity index (χ4n) is 3.58. The zero-order valence-corrected chi connectivity index (χ0v) is 13.9. The molecule has 0 spiro atoms. The highest BCUT2D eigenvalue weighted by atomic mass is 16.1. The number of rotatable bonds is 6. The van der Waals surface area contributed by atoms with E-state index in [1.54, 1.807) is 0 Å². The highest BCUT2D eigenvalue weighted by molar-refractivity contribution is 5.75. The minimum Gasteiger partial charge on any atom is -0.369 e. The fourth-order valence-corrected chi connectivity index (χ4v) is 3.58. The lowest BCUT2D eigenvalue weighted by Gasteiger charge is -2.31. The monoisotopic (exact) mass is 313 g/mol. The van der Waals surface area contributed by atoms with Crippen molar-refractivity contribution in [1.82, 2.24) is 10.2 Å². The van der Waals surface area contributed by atoms with E-state index < -0.39 is 0 Å². The molecule has 1 heterocycles. The molecule has 2 fully saturated rings. The number of carbonyl (C=O) groups excluding carboxylic acids is 1. The molecule has 2 aliphatic rings. The van der Waals surface area contributed by atoms with Crippen LogP contribution in [0.1, 0.15) is 31.7 Å². The van der Waals surface area contributed by atoms with Gasteiger partial charge in [-0.05, 0) is 37.7 Å². The van der Waals surface area contributed by atoms with Gasteiger partial charge in [0.25, 0.3) is 0 Å². The average Bonchev–Trinajstić information content (AvgIpc) is 3.29. The van der Waals surface area contributed by atoms with Gasteiger partial charge in [0.15, 0.2) is 0 Å². The smallest absolute Gasteiger partial charge is 0.231 e. The lowest BCUT2D eigenvalue weighted by Crippen LogP contribution is -2.46. The van der Waals surface area contributed by atoms with Crippen molar-refractivity contribution in [3.8, 4) is 0 Å². The summed E-state index contributed by atoms with van der Waals surface area (Å²) in [5.74, 6) is 0.458. The van der Waals surface area contributed by atoms with Gasteiger partial charge in [-0.3, -0.25) is 9.69 Å². The van der Waals surface area contributed by atoms with Crippen molar-refractivity contribution in [1.29, 1.82) is 0 Å². The fraction of sp³-hybridized carbons (Fsp3) is 0.526. The minimum absolute atomic E-state index is 0.222. The molecule has 1 aliphatic heterocycles. The Hall–Kier alpha value is -1.65. The molecule has 0 bridgehead atoms. The van der Waals surface area contributed by atoms with Gasteiger partial charge >= 0.3 is 0 Å². The summed E-state index contributed by atoms with van der Waals surface area (Å²) in [6, 6.07) is 11.7. The van der Waals surface area contributed by atoms with Crippen molar-refractivity contribution >= 4 is 12.0 Å². The highest BCUT2D eigenvalue weighted by Crippen LogP contribution is 2.38. The van der Waals surface area contributed by atoms with Crippen molar-refractivity contribution < 1.29 is 4.79 Å². The Morgan fingerprint density at radius 3 is 2.65 bits per heavy atom. The first kappa shape index (κ1) is 16.2. The molecule has 1 aliphatic carbocycles. The standard InChI is InChI=1S/C19H27N3O/c1-14(11-15-5-3-2-4-6-15)17-12-18(17)21-16-7-9-22(10-8-16)13-19(20)23/h2-6,11,16-18,21H,7-10,12-13H2,1H3,(H2,20,23)/t17?,18-/m0/s1. The molecule has 3 rings (SSSR count). The van der Waals surface area contributed by atoms with Gasteiger partial charge in [-0.2, -0.15) is 0 Å². The largest absolute Gasteiger partial charge is 0.369 e. The van der Waals surface area contributed by atoms with Crippen LogP contribution in [0, 0.1) is 5.92 Å². The number of nitrogens with zero attached hydrogens (tertiary/aromatic N) is 1. The van der Waals surface area contributed by atoms with E-state index in [0.717, 1.165) is 25.9 Å². The van der Waals surface area contributed by atoms with Gasteiger partial charge < -0.3 is 11.1 Å². The summed E-state index contributed by atoms with van der Waals surface area (Å²) in [5.41, 5.74) is 8.02. The summed E-state index contributed by atoms with van der Waals surface area (Å²) in [5, 5.41) is 3.80. The van der Waals surface area contributed by atoms with Crippen molar-refractivity contribution in [3.63, 3.8) is 0 Å². The van der Waals surface area contributed by atoms with Crippen molar-refractivity contribution in [3.05, 3.63) is 41.5 Å². The van der Waals surface area contributed by atoms with Gasteiger partial charge in [0.05, 0.1) is 6.54 Å². The molecule has 1 amide bonds. The number of carbonyl (C=O) groups is 1. The first-order valence-corrected chi connectivity index (χ1v) is 8.62.